The molecule has 1 heterocycles. The van der Waals surface area contributed by atoms with Crippen LogP contribution in [0.3, 0.4) is 0 Å². The fraction of sp³-hybridized carbons (Fsp3) is 0.222. The van der Waals surface area contributed by atoms with Crippen molar-refractivity contribution in [3.05, 3.63) is 30.6 Å². The Hall–Kier alpha value is -1.31. The van der Waals surface area contributed by atoms with Gasteiger partial charge in [0.05, 0.1) is 12.8 Å². The van der Waals surface area contributed by atoms with Crippen LogP contribution in [-0.4, -0.2) is 11.6 Å². The smallest absolute Gasteiger partial charge is 0.144 e. The number of hydrogen-bond acceptors (Lipinski definition) is 2. The molecule has 0 saturated carbocycles. The summed E-state index contributed by atoms with van der Waals surface area (Å²) in [5, 5.41) is 0. The molecule has 0 aliphatic carbocycles. The molecule has 1 aromatic rings. The minimum Gasteiger partial charge on any atom is -0.492 e. The van der Waals surface area contributed by atoms with Gasteiger partial charge in [0.15, 0.2) is 0 Å². The molecule has 0 bridgehead atoms. The Bertz CT molecular complexity index is 245. The van der Waals surface area contributed by atoms with Crippen LogP contribution >= 0.6 is 0 Å². The van der Waals surface area contributed by atoms with Gasteiger partial charge in [-0.15, -0.1) is 0 Å². The van der Waals surface area contributed by atoms with Gasteiger partial charge >= 0.3 is 0 Å². The molecule has 0 saturated heterocycles. The van der Waals surface area contributed by atoms with Crippen LogP contribution in [0.4, 0.5) is 0 Å². The summed E-state index contributed by atoms with van der Waals surface area (Å²) in [6, 6.07) is 1.87. The van der Waals surface area contributed by atoms with Crippen molar-refractivity contribution < 1.29 is 4.74 Å². The zero-order valence-corrected chi connectivity index (χ0v) is 6.58. The van der Waals surface area contributed by atoms with E-state index in [1.807, 2.05) is 13.0 Å². The van der Waals surface area contributed by atoms with Crippen molar-refractivity contribution in [3.63, 3.8) is 0 Å². The summed E-state index contributed by atoms with van der Waals surface area (Å²) in [6.07, 6.45) is 5.17. The Morgan fingerprint density at radius 2 is 2.55 bits per heavy atom. The van der Waals surface area contributed by atoms with Crippen LogP contribution in [0.5, 0.6) is 5.75 Å². The quantitative estimate of drug-likeness (QED) is 0.656. The van der Waals surface area contributed by atoms with E-state index in [-0.39, 0.29) is 0 Å². The molecule has 2 heteroatoms. The second-order valence-corrected chi connectivity index (χ2v) is 2.05. The van der Waals surface area contributed by atoms with Crippen LogP contribution in [0.2, 0.25) is 0 Å². The summed E-state index contributed by atoms with van der Waals surface area (Å²) < 4.78 is 5.29. The molecule has 2 nitrogen and oxygen atoms in total. The highest BCUT2D eigenvalue weighted by molar-refractivity contribution is 5.53. The standard InChI is InChI=1S/C9H11NO/c1-3-8-5-6-10-7-9(8)11-4-2/h3,5-7H,1,4H2,2H3. The van der Waals surface area contributed by atoms with E-state index >= 15 is 0 Å². The van der Waals surface area contributed by atoms with Gasteiger partial charge in [0.2, 0.25) is 0 Å². The van der Waals surface area contributed by atoms with Gasteiger partial charge in [-0.3, -0.25) is 4.98 Å². The lowest BCUT2D eigenvalue weighted by Crippen LogP contribution is -1.93. The maximum absolute atomic E-state index is 5.29. The largest absolute Gasteiger partial charge is 0.492 e. The highest BCUT2D eigenvalue weighted by Crippen LogP contribution is 2.16. The molecule has 0 amide bonds. The summed E-state index contributed by atoms with van der Waals surface area (Å²) >= 11 is 0. The van der Waals surface area contributed by atoms with Gasteiger partial charge in [-0.1, -0.05) is 12.7 Å². The Balaban J connectivity index is 2.92. The summed E-state index contributed by atoms with van der Waals surface area (Å²) in [5.74, 6) is 0.796. The molecule has 0 fully saturated rings. The monoisotopic (exact) mass is 149 g/mol. The van der Waals surface area contributed by atoms with E-state index in [1.54, 1.807) is 18.5 Å². The van der Waals surface area contributed by atoms with Crippen molar-refractivity contribution in [2.24, 2.45) is 0 Å². The van der Waals surface area contributed by atoms with E-state index in [1.165, 1.54) is 0 Å². The van der Waals surface area contributed by atoms with Gasteiger partial charge in [-0.25, -0.2) is 0 Å². The lowest BCUT2D eigenvalue weighted by atomic mass is 10.2. The molecule has 0 radical (unpaired) electrons. The van der Waals surface area contributed by atoms with E-state index < -0.39 is 0 Å². The number of ether oxygens (including phenoxy) is 1. The van der Waals surface area contributed by atoms with Crippen LogP contribution in [0.1, 0.15) is 12.5 Å². The minimum absolute atomic E-state index is 0.659. The van der Waals surface area contributed by atoms with Crippen molar-refractivity contribution >= 4 is 6.08 Å². The van der Waals surface area contributed by atoms with E-state index in [9.17, 15) is 0 Å². The van der Waals surface area contributed by atoms with E-state index in [0.717, 1.165) is 11.3 Å². The molecular weight excluding hydrogens is 138 g/mol. The van der Waals surface area contributed by atoms with Crippen molar-refractivity contribution in [1.29, 1.82) is 0 Å². The SMILES string of the molecule is C=Cc1ccncc1OCC. The molecule has 0 atom stereocenters. The Morgan fingerprint density at radius 3 is 3.18 bits per heavy atom. The molecule has 0 N–H and O–H groups in total. The Morgan fingerprint density at radius 1 is 1.73 bits per heavy atom. The van der Waals surface area contributed by atoms with Crippen LogP contribution in [0.15, 0.2) is 25.0 Å². The highest BCUT2D eigenvalue weighted by Gasteiger charge is 1.96. The third-order valence-corrected chi connectivity index (χ3v) is 1.34. The maximum atomic E-state index is 5.29. The van der Waals surface area contributed by atoms with E-state index in [0.29, 0.717) is 6.61 Å². The predicted molar refractivity (Wildman–Crippen MR) is 45.5 cm³/mol. The molecule has 0 aliphatic heterocycles. The molecule has 58 valence electrons. The first kappa shape index (κ1) is 7.79. The summed E-state index contributed by atoms with van der Waals surface area (Å²) in [7, 11) is 0. The summed E-state index contributed by atoms with van der Waals surface area (Å²) in [5.41, 5.74) is 0.988. The number of nitrogens with zero attached hydrogens (tertiary/aromatic N) is 1. The number of hydrogen-bond donors (Lipinski definition) is 0. The van der Waals surface area contributed by atoms with Gasteiger partial charge in [0, 0.05) is 11.8 Å². The van der Waals surface area contributed by atoms with E-state index in [4.69, 9.17) is 4.74 Å². The minimum atomic E-state index is 0.659. The zero-order chi connectivity index (χ0) is 8.10. The maximum Gasteiger partial charge on any atom is 0.144 e. The molecule has 1 rings (SSSR count). The average molecular weight is 149 g/mol. The fourth-order valence-electron chi connectivity index (χ4n) is 0.835. The van der Waals surface area contributed by atoms with Crippen LogP contribution in [0, 0.1) is 0 Å². The van der Waals surface area contributed by atoms with Crippen LogP contribution in [0.25, 0.3) is 6.08 Å². The average Bonchev–Trinajstić information content (AvgIpc) is 2.06. The first-order valence-electron chi connectivity index (χ1n) is 3.57. The second kappa shape index (κ2) is 3.76. The van der Waals surface area contributed by atoms with Gasteiger partial charge in [-0.2, -0.15) is 0 Å². The first-order chi connectivity index (χ1) is 5.38. The topological polar surface area (TPSA) is 22.1 Å². The predicted octanol–water partition coefficient (Wildman–Crippen LogP) is 2.12. The summed E-state index contributed by atoms with van der Waals surface area (Å²) in [6.45, 7) is 6.27. The molecule has 0 aliphatic rings. The number of pyridine rings is 1. The highest BCUT2D eigenvalue weighted by atomic mass is 16.5. The van der Waals surface area contributed by atoms with Gasteiger partial charge in [-0.05, 0) is 13.0 Å². The Labute approximate surface area is 66.5 Å². The second-order valence-electron chi connectivity index (χ2n) is 2.05. The van der Waals surface area contributed by atoms with Crippen molar-refractivity contribution in [1.82, 2.24) is 4.98 Å². The number of rotatable bonds is 3. The van der Waals surface area contributed by atoms with Gasteiger partial charge in [0.1, 0.15) is 5.75 Å². The van der Waals surface area contributed by atoms with E-state index in [2.05, 4.69) is 11.6 Å². The summed E-state index contributed by atoms with van der Waals surface area (Å²) in [4.78, 5) is 3.94. The number of aromatic nitrogens is 1. The third-order valence-electron chi connectivity index (χ3n) is 1.34. The van der Waals surface area contributed by atoms with Crippen molar-refractivity contribution in [2.75, 3.05) is 6.61 Å². The molecule has 0 spiro atoms. The lowest BCUT2D eigenvalue weighted by Gasteiger charge is -2.04. The van der Waals surface area contributed by atoms with Crippen LogP contribution in [-0.2, 0) is 0 Å². The third kappa shape index (κ3) is 1.80. The molecule has 11 heavy (non-hydrogen) atoms. The molecule has 1 aromatic heterocycles. The van der Waals surface area contributed by atoms with Gasteiger partial charge in [0.25, 0.3) is 0 Å². The molecule has 0 aromatic carbocycles. The normalized spacial score (nSPS) is 9.18. The Kier molecular flexibility index (Phi) is 2.66. The van der Waals surface area contributed by atoms with Crippen LogP contribution < -0.4 is 4.74 Å². The zero-order valence-electron chi connectivity index (χ0n) is 6.58. The lowest BCUT2D eigenvalue weighted by molar-refractivity contribution is 0.338. The molecular formula is C9H11NO. The van der Waals surface area contributed by atoms with Crippen molar-refractivity contribution in [2.45, 2.75) is 6.92 Å². The molecule has 0 unspecified atom stereocenters. The fourth-order valence-corrected chi connectivity index (χ4v) is 0.835. The first-order valence-corrected chi connectivity index (χ1v) is 3.57. The van der Waals surface area contributed by atoms with Crippen molar-refractivity contribution in [3.8, 4) is 5.75 Å². The van der Waals surface area contributed by atoms with Gasteiger partial charge < -0.3 is 4.74 Å².